The fourth-order valence-electron chi connectivity index (χ4n) is 5.72. The minimum atomic E-state index is 0.308. The molecule has 0 unspecified atom stereocenters. The van der Waals surface area contributed by atoms with Crippen LogP contribution in [0.25, 0.3) is 44.2 Å². The SMILES string of the molecule is CCCn1c(-c2ccc(N)cc2)c(C)c2cc(O)ccc21.COc1ccc(-c2c(C)n(C)c3c(O)cccc23)cc1. The highest BCUT2D eigenvalue weighted by molar-refractivity contribution is 6.00. The van der Waals surface area contributed by atoms with Gasteiger partial charge in [-0.25, -0.2) is 0 Å². The van der Waals surface area contributed by atoms with Gasteiger partial charge in [-0.2, -0.15) is 0 Å². The molecule has 6 aromatic rings. The zero-order valence-electron chi connectivity index (χ0n) is 24.3. The van der Waals surface area contributed by atoms with Crippen LogP contribution < -0.4 is 10.5 Å². The maximum absolute atomic E-state index is 10.1. The third-order valence-corrected chi connectivity index (χ3v) is 7.79. The van der Waals surface area contributed by atoms with Crippen LogP contribution in [-0.4, -0.2) is 26.5 Å². The van der Waals surface area contributed by atoms with Crippen molar-refractivity contribution in [3.63, 3.8) is 0 Å². The van der Waals surface area contributed by atoms with Crippen molar-refractivity contribution in [1.82, 2.24) is 9.13 Å². The van der Waals surface area contributed by atoms with Gasteiger partial charge in [0.05, 0.1) is 18.3 Å². The number of hydrogen-bond acceptors (Lipinski definition) is 4. The number of hydrogen-bond donors (Lipinski definition) is 3. The number of anilines is 1. The molecule has 6 nitrogen and oxygen atoms in total. The number of ether oxygens (including phenoxy) is 1. The van der Waals surface area contributed by atoms with Gasteiger partial charge in [0.25, 0.3) is 0 Å². The quantitative estimate of drug-likeness (QED) is 0.190. The summed E-state index contributed by atoms with van der Waals surface area (Å²) in [4.78, 5) is 0. The zero-order chi connectivity index (χ0) is 29.3. The summed E-state index contributed by atoms with van der Waals surface area (Å²) in [6.07, 6.45) is 1.06. The molecular weight excluding hydrogens is 510 g/mol. The van der Waals surface area contributed by atoms with Crippen LogP contribution in [0.5, 0.6) is 17.2 Å². The number of phenols is 2. The normalized spacial score (nSPS) is 11.0. The number of nitrogen functional groups attached to an aromatic ring is 1. The number of nitrogens with two attached hydrogens (primary N) is 1. The molecule has 4 aromatic carbocycles. The lowest BCUT2D eigenvalue weighted by Gasteiger charge is -2.11. The van der Waals surface area contributed by atoms with E-state index in [9.17, 15) is 10.2 Å². The summed E-state index contributed by atoms with van der Waals surface area (Å²) in [5, 5.41) is 22.0. The molecule has 0 amide bonds. The molecule has 41 heavy (non-hydrogen) atoms. The number of nitrogens with zero attached hydrogens (tertiary/aromatic N) is 2. The highest BCUT2D eigenvalue weighted by Gasteiger charge is 2.17. The van der Waals surface area contributed by atoms with Crippen LogP contribution in [0, 0.1) is 13.8 Å². The van der Waals surface area contributed by atoms with Gasteiger partial charge in [-0.1, -0.05) is 43.3 Å². The van der Waals surface area contributed by atoms with E-state index in [2.05, 4.69) is 37.5 Å². The molecule has 2 heterocycles. The Balaban J connectivity index is 0.000000165. The number of aryl methyl sites for hydroxylation is 3. The lowest BCUT2D eigenvalue weighted by molar-refractivity contribution is 0.415. The van der Waals surface area contributed by atoms with Crippen LogP contribution >= 0.6 is 0 Å². The van der Waals surface area contributed by atoms with Gasteiger partial charge in [-0.15, -0.1) is 0 Å². The zero-order valence-corrected chi connectivity index (χ0v) is 24.3. The van der Waals surface area contributed by atoms with Gasteiger partial charge in [0, 0.05) is 46.8 Å². The number of para-hydroxylation sites is 1. The molecule has 0 atom stereocenters. The molecule has 0 saturated carbocycles. The maximum atomic E-state index is 10.1. The first-order chi connectivity index (χ1) is 19.7. The number of methoxy groups -OCH3 is 1. The van der Waals surface area contributed by atoms with Crippen LogP contribution in [0.4, 0.5) is 5.69 Å². The highest BCUT2D eigenvalue weighted by Crippen LogP contribution is 2.38. The summed E-state index contributed by atoms with van der Waals surface area (Å²) in [5.74, 6) is 1.46. The standard InChI is InChI=1S/C18H20N2O.C17H17NO2/c1-3-10-20-17-9-8-15(21)11-16(17)12(2)18(20)13-4-6-14(19)7-5-13;1-11-16(12-7-9-13(20-3)10-8-12)14-5-4-6-15(19)17(14)18(11)2/h4-9,11,21H,3,10,19H2,1-2H3;4-10,19H,1-3H3. The largest absolute Gasteiger partial charge is 0.508 e. The van der Waals surface area contributed by atoms with Crippen molar-refractivity contribution in [2.75, 3.05) is 12.8 Å². The Hall–Kier alpha value is -4.84. The molecule has 0 aliphatic rings. The van der Waals surface area contributed by atoms with E-state index in [1.807, 2.05) is 72.3 Å². The molecule has 0 fully saturated rings. The van der Waals surface area contributed by atoms with E-state index in [1.54, 1.807) is 19.2 Å². The van der Waals surface area contributed by atoms with Gasteiger partial charge in [0.15, 0.2) is 0 Å². The first kappa shape index (κ1) is 27.7. The van der Waals surface area contributed by atoms with Crippen LogP contribution in [0.1, 0.15) is 24.6 Å². The molecule has 0 saturated heterocycles. The van der Waals surface area contributed by atoms with E-state index in [-0.39, 0.29) is 0 Å². The number of phenolic OH excluding ortho intramolecular Hbond substituents is 2. The summed E-state index contributed by atoms with van der Waals surface area (Å²) in [7, 11) is 3.64. The summed E-state index contributed by atoms with van der Waals surface area (Å²) >= 11 is 0. The number of fused-ring (bicyclic) bond motifs is 2. The van der Waals surface area contributed by atoms with E-state index in [0.717, 1.165) is 63.1 Å². The second-order valence-electron chi connectivity index (χ2n) is 10.4. The second kappa shape index (κ2) is 11.3. The summed E-state index contributed by atoms with van der Waals surface area (Å²) in [6, 6.07) is 27.2. The van der Waals surface area contributed by atoms with E-state index >= 15 is 0 Å². The van der Waals surface area contributed by atoms with Crippen molar-refractivity contribution >= 4 is 27.5 Å². The Bertz CT molecular complexity index is 1830. The molecule has 4 N–H and O–H groups in total. The van der Waals surface area contributed by atoms with Crippen molar-refractivity contribution in [2.24, 2.45) is 7.05 Å². The minimum Gasteiger partial charge on any atom is -0.508 e. The highest BCUT2D eigenvalue weighted by atomic mass is 16.5. The lowest BCUT2D eigenvalue weighted by atomic mass is 10.0. The minimum absolute atomic E-state index is 0.308. The summed E-state index contributed by atoms with van der Waals surface area (Å²) in [5.41, 5.74) is 15.6. The Labute approximate surface area is 240 Å². The van der Waals surface area contributed by atoms with Crippen LogP contribution in [0.15, 0.2) is 84.9 Å². The molecule has 0 aliphatic heterocycles. The fourth-order valence-corrected chi connectivity index (χ4v) is 5.72. The van der Waals surface area contributed by atoms with Gasteiger partial charge in [-0.05, 0) is 85.5 Å². The Morgan fingerprint density at radius 3 is 2.17 bits per heavy atom. The molecule has 210 valence electrons. The van der Waals surface area contributed by atoms with E-state index in [1.165, 1.54) is 16.8 Å². The third-order valence-electron chi connectivity index (χ3n) is 7.79. The molecule has 6 rings (SSSR count). The van der Waals surface area contributed by atoms with E-state index in [0.29, 0.717) is 11.5 Å². The van der Waals surface area contributed by atoms with Gasteiger partial charge >= 0.3 is 0 Å². The monoisotopic (exact) mass is 547 g/mol. The number of aromatic hydroxyl groups is 2. The van der Waals surface area contributed by atoms with Gasteiger partial charge in [0.1, 0.15) is 17.2 Å². The average molecular weight is 548 g/mol. The van der Waals surface area contributed by atoms with Gasteiger partial charge in [0.2, 0.25) is 0 Å². The van der Waals surface area contributed by atoms with Crippen LogP contribution in [-0.2, 0) is 13.6 Å². The van der Waals surface area contributed by atoms with Crippen molar-refractivity contribution in [3.8, 4) is 39.6 Å². The predicted octanol–water partition coefficient (Wildman–Crippen LogP) is 8.18. The number of aromatic nitrogens is 2. The van der Waals surface area contributed by atoms with Gasteiger partial charge in [-0.3, -0.25) is 0 Å². The summed E-state index contributed by atoms with van der Waals surface area (Å²) < 4.78 is 9.56. The average Bonchev–Trinajstić information content (AvgIpc) is 3.39. The van der Waals surface area contributed by atoms with Crippen molar-refractivity contribution in [1.29, 1.82) is 0 Å². The first-order valence-corrected chi connectivity index (χ1v) is 13.8. The molecule has 2 aromatic heterocycles. The Kier molecular flexibility index (Phi) is 7.66. The third kappa shape index (κ3) is 5.09. The molecule has 0 radical (unpaired) electrons. The van der Waals surface area contributed by atoms with Crippen LogP contribution in [0.2, 0.25) is 0 Å². The number of rotatable bonds is 5. The number of benzene rings is 4. The maximum Gasteiger partial charge on any atom is 0.139 e. The molecule has 0 aliphatic carbocycles. The predicted molar refractivity (Wildman–Crippen MR) is 170 cm³/mol. The molecule has 0 spiro atoms. The lowest BCUT2D eigenvalue weighted by Crippen LogP contribution is -1.99. The first-order valence-electron chi connectivity index (χ1n) is 13.8. The molecule has 6 heteroatoms. The molecular formula is C35H37N3O3. The van der Waals surface area contributed by atoms with Crippen LogP contribution in [0.3, 0.4) is 0 Å². The summed E-state index contributed by atoms with van der Waals surface area (Å²) in [6.45, 7) is 7.31. The van der Waals surface area contributed by atoms with Crippen molar-refractivity contribution in [3.05, 3.63) is 96.2 Å². The fraction of sp³-hybridized carbons (Fsp3) is 0.200. The Morgan fingerprint density at radius 2 is 1.51 bits per heavy atom. The second-order valence-corrected chi connectivity index (χ2v) is 10.4. The Morgan fingerprint density at radius 1 is 0.829 bits per heavy atom. The smallest absolute Gasteiger partial charge is 0.139 e. The topological polar surface area (TPSA) is 85.6 Å². The molecule has 0 bridgehead atoms. The van der Waals surface area contributed by atoms with Crippen molar-refractivity contribution < 1.29 is 14.9 Å². The van der Waals surface area contributed by atoms with E-state index < -0.39 is 0 Å². The van der Waals surface area contributed by atoms with E-state index in [4.69, 9.17) is 10.5 Å². The van der Waals surface area contributed by atoms with Gasteiger partial charge < -0.3 is 29.8 Å². The van der Waals surface area contributed by atoms with Crippen molar-refractivity contribution in [2.45, 2.75) is 33.7 Å².